The molecule has 0 radical (unpaired) electrons. The number of aliphatic carboxylic acids is 1. The Labute approximate surface area is 127 Å². The summed E-state index contributed by atoms with van der Waals surface area (Å²) in [6, 6.07) is 0. The molecule has 0 aliphatic rings. The van der Waals surface area contributed by atoms with Crippen molar-refractivity contribution in [3.05, 3.63) is 0 Å². The average molecular weight is 155 g/mol. The van der Waals surface area contributed by atoms with Crippen LogP contribution in [-0.2, 0) is 4.79 Å². The van der Waals surface area contributed by atoms with Crippen LogP contribution in [0.15, 0.2) is 0 Å². The number of carboxylic acids is 1. The van der Waals surface area contributed by atoms with E-state index in [1.807, 2.05) is 0 Å². The minimum atomic E-state index is -0.968. The Morgan fingerprint density at radius 1 is 1.57 bits per heavy atom. The average Bonchev–Trinajstić information content (AvgIpc) is 1.38. The van der Waals surface area contributed by atoms with Crippen LogP contribution >= 0.6 is 0 Å². The van der Waals surface area contributed by atoms with Crippen LogP contribution in [0.1, 0.15) is 0 Å². The summed E-state index contributed by atoms with van der Waals surface area (Å²) < 4.78 is 0. The molecule has 0 atom stereocenters. The molecule has 5 heteroatoms. The van der Waals surface area contributed by atoms with E-state index in [0.29, 0.717) is 0 Å². The Balaban J connectivity index is -0.0000000800. The molecule has 0 rings (SSSR count). The van der Waals surface area contributed by atoms with Crippen LogP contribution in [0.5, 0.6) is 0 Å². The molecule has 3 N–H and O–H groups in total. The van der Waals surface area contributed by atoms with Gasteiger partial charge >= 0.3 is 109 Å². The van der Waals surface area contributed by atoms with Gasteiger partial charge in [0.1, 0.15) is 0 Å². The summed E-state index contributed by atoms with van der Waals surface area (Å²) in [5.41, 5.74) is 4.57. The Morgan fingerprint density at radius 3 is 1.71 bits per heavy atom. The van der Waals surface area contributed by atoms with Crippen LogP contribution in [0.3, 0.4) is 0 Å². The van der Waals surface area contributed by atoms with Gasteiger partial charge in [0, 0.05) is 0 Å². The minimum absolute atomic E-state index is 0. The quantitative estimate of drug-likeness (QED) is 0.420. The van der Waals surface area contributed by atoms with Gasteiger partial charge in [-0.25, -0.2) is 0 Å². The molecule has 0 aliphatic carbocycles. The molecule has 0 saturated heterocycles. The van der Waals surface area contributed by atoms with E-state index in [-0.39, 0.29) is 109 Å². The van der Waals surface area contributed by atoms with E-state index in [1.54, 1.807) is 0 Å². The zero-order valence-electron chi connectivity index (χ0n) is 2.64. The first-order chi connectivity index (χ1) is 2.27. The molecule has 0 aliphatic heterocycles. The van der Waals surface area contributed by atoms with Crippen LogP contribution in [-0.4, -0.2) is 120 Å². The molecule has 0 amide bonds. The third-order valence-corrected chi connectivity index (χ3v) is 0.175. The van der Waals surface area contributed by atoms with Gasteiger partial charge in [-0.1, -0.05) is 0 Å². The number of hydrogen-bond acceptors (Lipinski definition) is 2. The first kappa shape index (κ1) is 16.4. The summed E-state index contributed by atoms with van der Waals surface area (Å²) in [5.74, 6) is -0.968. The second kappa shape index (κ2) is 11.5. The molecule has 0 aromatic heterocycles. The van der Waals surface area contributed by atoms with Crippen LogP contribution in [0.4, 0.5) is 0 Å². The van der Waals surface area contributed by atoms with Gasteiger partial charge in [-0.05, 0) is 0 Å². The summed E-state index contributed by atoms with van der Waals surface area (Å²) >= 11 is 0. The standard InChI is InChI=1S/C2H5NO2.2K.2H/c3-1-2(4)5;;;;/h1,3H2,(H,4,5);;;;. The van der Waals surface area contributed by atoms with E-state index in [4.69, 9.17) is 5.11 Å². The van der Waals surface area contributed by atoms with Gasteiger partial charge in [0.15, 0.2) is 0 Å². The number of carbonyl (C=O) groups is 1. The molecule has 3 nitrogen and oxygen atoms in total. The van der Waals surface area contributed by atoms with Crippen molar-refractivity contribution in [1.82, 2.24) is 0 Å². The van der Waals surface area contributed by atoms with Crippen LogP contribution in [0, 0.1) is 0 Å². The molecule has 0 aromatic rings. The first-order valence-electron chi connectivity index (χ1n) is 1.19. The normalized spacial score (nSPS) is 5.29. The first-order valence-corrected chi connectivity index (χ1v) is 1.19. The van der Waals surface area contributed by atoms with Crippen LogP contribution < -0.4 is 5.73 Å². The molecule has 34 valence electrons. The van der Waals surface area contributed by atoms with Gasteiger partial charge in [-0.3, -0.25) is 4.79 Å². The van der Waals surface area contributed by atoms with Crippen molar-refractivity contribution < 1.29 is 9.90 Å². The van der Waals surface area contributed by atoms with E-state index < -0.39 is 5.97 Å². The topological polar surface area (TPSA) is 63.3 Å². The number of carboxylic acid groups (broad SMARTS) is 1. The molecule has 0 unspecified atom stereocenters. The molecular formula is C2H7K2NO2. The van der Waals surface area contributed by atoms with E-state index in [2.05, 4.69) is 5.73 Å². The van der Waals surface area contributed by atoms with Gasteiger partial charge in [-0.15, -0.1) is 0 Å². The maximum atomic E-state index is 9.24. The van der Waals surface area contributed by atoms with Crippen molar-refractivity contribution in [3.63, 3.8) is 0 Å². The van der Waals surface area contributed by atoms with E-state index in [1.165, 1.54) is 0 Å². The van der Waals surface area contributed by atoms with Gasteiger partial charge in [0.25, 0.3) is 0 Å². The molecule has 0 bridgehead atoms. The molecule has 0 spiro atoms. The Morgan fingerprint density at radius 2 is 1.71 bits per heavy atom. The fourth-order valence-corrected chi connectivity index (χ4v) is 0. The van der Waals surface area contributed by atoms with Gasteiger partial charge < -0.3 is 10.8 Å². The van der Waals surface area contributed by atoms with Gasteiger partial charge in [-0.2, -0.15) is 0 Å². The van der Waals surface area contributed by atoms with Crippen molar-refractivity contribution in [2.24, 2.45) is 5.73 Å². The summed E-state index contributed by atoms with van der Waals surface area (Å²) in [4.78, 5) is 9.24. The van der Waals surface area contributed by atoms with Crippen molar-refractivity contribution in [2.45, 2.75) is 0 Å². The van der Waals surface area contributed by atoms with Crippen molar-refractivity contribution in [2.75, 3.05) is 6.54 Å². The molecule has 0 fully saturated rings. The molecule has 0 heterocycles. The molecule has 7 heavy (non-hydrogen) atoms. The summed E-state index contributed by atoms with van der Waals surface area (Å²) in [6.07, 6.45) is 0. The Kier molecular flexibility index (Phi) is 26.9. The zero-order chi connectivity index (χ0) is 4.28. The fraction of sp³-hybridized carbons (Fsp3) is 0.500. The summed E-state index contributed by atoms with van der Waals surface area (Å²) in [5, 5.41) is 7.60. The fourth-order valence-electron chi connectivity index (χ4n) is 0. The molecule has 0 aromatic carbocycles. The summed E-state index contributed by atoms with van der Waals surface area (Å²) in [6.45, 7) is -0.278. The number of nitrogens with two attached hydrogens (primary N) is 1. The Bertz CT molecular complexity index is 49.0. The third-order valence-electron chi connectivity index (χ3n) is 0.175. The maximum absolute atomic E-state index is 9.24. The van der Waals surface area contributed by atoms with Crippen LogP contribution in [0.25, 0.3) is 0 Å². The van der Waals surface area contributed by atoms with E-state index in [0.717, 1.165) is 0 Å². The van der Waals surface area contributed by atoms with E-state index >= 15 is 0 Å². The molecular weight excluding hydrogens is 148 g/mol. The monoisotopic (exact) mass is 155 g/mol. The Hall–Kier alpha value is 2.70. The number of hydrogen-bond donors (Lipinski definition) is 2. The van der Waals surface area contributed by atoms with Crippen molar-refractivity contribution in [3.8, 4) is 0 Å². The van der Waals surface area contributed by atoms with Crippen molar-refractivity contribution in [1.29, 1.82) is 0 Å². The van der Waals surface area contributed by atoms with Crippen molar-refractivity contribution >= 4 is 109 Å². The summed E-state index contributed by atoms with van der Waals surface area (Å²) in [7, 11) is 0. The van der Waals surface area contributed by atoms with E-state index in [9.17, 15) is 4.79 Å². The second-order valence-corrected chi connectivity index (χ2v) is 0.598. The predicted octanol–water partition coefficient (Wildman–Crippen LogP) is -2.27. The third kappa shape index (κ3) is 17.7. The predicted molar refractivity (Wildman–Crippen MR) is 31.0 cm³/mol. The molecule has 0 saturated carbocycles. The second-order valence-electron chi connectivity index (χ2n) is 0.598. The SMILES string of the molecule is NCC(=O)O.[KH].[KH]. The number of rotatable bonds is 1. The zero-order valence-corrected chi connectivity index (χ0v) is 2.64. The van der Waals surface area contributed by atoms with Gasteiger partial charge in [0.2, 0.25) is 0 Å². The van der Waals surface area contributed by atoms with Crippen LogP contribution in [0.2, 0.25) is 0 Å². The van der Waals surface area contributed by atoms with Gasteiger partial charge in [0.05, 0.1) is 6.54 Å².